The van der Waals surface area contributed by atoms with E-state index in [1.807, 2.05) is 72.8 Å². The highest BCUT2D eigenvalue weighted by molar-refractivity contribution is 5.98. The number of anilines is 1. The van der Waals surface area contributed by atoms with Crippen molar-refractivity contribution in [1.29, 1.82) is 0 Å². The summed E-state index contributed by atoms with van der Waals surface area (Å²) in [7, 11) is 0. The first-order chi connectivity index (χ1) is 13.8. The molecule has 140 valence electrons. The number of aromatic nitrogens is 2. The van der Waals surface area contributed by atoms with Crippen LogP contribution < -0.4 is 16.2 Å². The molecule has 1 amide bonds. The van der Waals surface area contributed by atoms with Gasteiger partial charge < -0.3 is 10.3 Å². The quantitative estimate of drug-likeness (QED) is 0.374. The smallest absolute Gasteiger partial charge is 0.286 e. The van der Waals surface area contributed by atoms with Crippen molar-refractivity contribution in [2.75, 3.05) is 5.43 Å². The van der Waals surface area contributed by atoms with Crippen LogP contribution in [0.15, 0.2) is 79.0 Å². The minimum absolute atomic E-state index is 0.211. The predicted octanol–water partition coefficient (Wildman–Crippen LogP) is 3.61. The molecule has 0 atom stereocenters. The molecule has 0 aliphatic carbocycles. The molecule has 0 saturated carbocycles. The van der Waals surface area contributed by atoms with Crippen LogP contribution in [0.1, 0.15) is 21.7 Å². The molecule has 0 fully saturated rings. The Hall–Kier alpha value is -3.64. The van der Waals surface area contributed by atoms with Crippen LogP contribution in [-0.4, -0.2) is 15.9 Å². The van der Waals surface area contributed by atoms with Crippen LogP contribution in [0, 0.1) is 0 Å². The molecule has 2 heterocycles. The Bertz CT molecular complexity index is 1020. The molecule has 2 aromatic carbocycles. The van der Waals surface area contributed by atoms with Crippen molar-refractivity contribution in [2.45, 2.75) is 13.1 Å². The molecule has 28 heavy (non-hydrogen) atoms. The molecule has 0 unspecified atom stereocenters. The summed E-state index contributed by atoms with van der Waals surface area (Å²) in [6.45, 7) is 1.47. The Morgan fingerprint density at radius 3 is 2.54 bits per heavy atom. The highest BCUT2D eigenvalue weighted by atomic mass is 16.2. The molecule has 6 nitrogen and oxygen atoms in total. The van der Waals surface area contributed by atoms with Crippen molar-refractivity contribution < 1.29 is 4.79 Å². The highest BCUT2D eigenvalue weighted by Gasteiger charge is 2.08. The third-order valence-corrected chi connectivity index (χ3v) is 4.41. The first kappa shape index (κ1) is 17.8. The molecule has 0 radical (unpaired) electrons. The molecule has 6 heteroatoms. The van der Waals surface area contributed by atoms with E-state index in [1.54, 1.807) is 6.20 Å². The van der Waals surface area contributed by atoms with E-state index < -0.39 is 0 Å². The Morgan fingerprint density at radius 1 is 0.929 bits per heavy atom. The SMILES string of the molecule is O=C(NNc1ccc(CNCc2ccccn2)cc1)c1cc2ccccc2[nH]1. The van der Waals surface area contributed by atoms with Crippen LogP contribution in [0.5, 0.6) is 0 Å². The number of H-pyrrole nitrogens is 1. The summed E-state index contributed by atoms with van der Waals surface area (Å²) in [5, 5.41) is 4.37. The number of aromatic amines is 1. The molecule has 0 saturated heterocycles. The second-order valence-electron chi connectivity index (χ2n) is 6.47. The lowest BCUT2D eigenvalue weighted by Crippen LogP contribution is -2.29. The van der Waals surface area contributed by atoms with Gasteiger partial charge in [0.05, 0.1) is 11.4 Å². The maximum absolute atomic E-state index is 12.3. The lowest BCUT2D eigenvalue weighted by atomic mass is 10.2. The van der Waals surface area contributed by atoms with Gasteiger partial charge in [0.1, 0.15) is 5.69 Å². The van der Waals surface area contributed by atoms with E-state index in [9.17, 15) is 4.79 Å². The standard InChI is InChI=1S/C22H21N5O/c28-22(21-13-17-5-1-2-7-20(17)25-21)27-26-18-10-8-16(9-11-18)14-23-15-19-6-3-4-12-24-19/h1-13,23,25-26H,14-15H2,(H,27,28). The second-order valence-corrected chi connectivity index (χ2v) is 6.47. The number of amides is 1. The Labute approximate surface area is 163 Å². The van der Waals surface area contributed by atoms with Crippen LogP contribution in [-0.2, 0) is 13.1 Å². The first-order valence-corrected chi connectivity index (χ1v) is 9.11. The number of carbonyl (C=O) groups excluding carboxylic acids is 1. The van der Waals surface area contributed by atoms with Crippen molar-refractivity contribution in [1.82, 2.24) is 20.7 Å². The summed E-state index contributed by atoms with van der Waals surface area (Å²) < 4.78 is 0. The molecular formula is C22H21N5O. The van der Waals surface area contributed by atoms with Gasteiger partial charge in [-0.15, -0.1) is 0 Å². The molecule has 4 rings (SSSR count). The average molecular weight is 371 g/mol. The van der Waals surface area contributed by atoms with E-state index >= 15 is 0 Å². The zero-order valence-corrected chi connectivity index (χ0v) is 15.3. The zero-order chi connectivity index (χ0) is 19.2. The molecule has 0 aliphatic rings. The molecule has 0 spiro atoms. The first-order valence-electron chi connectivity index (χ1n) is 9.11. The van der Waals surface area contributed by atoms with E-state index in [0.717, 1.165) is 40.9 Å². The maximum Gasteiger partial charge on any atom is 0.286 e. The van der Waals surface area contributed by atoms with E-state index in [4.69, 9.17) is 0 Å². The third kappa shape index (κ3) is 4.36. The number of rotatable bonds is 7. The van der Waals surface area contributed by atoms with Gasteiger partial charge in [-0.2, -0.15) is 0 Å². The summed E-state index contributed by atoms with van der Waals surface area (Å²) in [4.78, 5) is 19.7. The van der Waals surface area contributed by atoms with Gasteiger partial charge in [-0.05, 0) is 42.0 Å². The molecule has 4 aromatic rings. The average Bonchev–Trinajstić information content (AvgIpc) is 3.18. The number of pyridine rings is 1. The fourth-order valence-electron chi connectivity index (χ4n) is 2.94. The summed E-state index contributed by atoms with van der Waals surface area (Å²) in [6.07, 6.45) is 1.79. The van der Waals surface area contributed by atoms with E-state index in [0.29, 0.717) is 5.69 Å². The lowest BCUT2D eigenvalue weighted by molar-refractivity contribution is 0.0958. The Balaban J connectivity index is 1.27. The number of carbonyl (C=O) groups is 1. The second kappa shape index (κ2) is 8.37. The minimum atomic E-state index is -0.211. The van der Waals surface area contributed by atoms with Gasteiger partial charge in [-0.3, -0.25) is 20.6 Å². The number of hydrogen-bond acceptors (Lipinski definition) is 4. The van der Waals surface area contributed by atoms with Gasteiger partial charge >= 0.3 is 0 Å². The number of para-hydroxylation sites is 1. The van der Waals surface area contributed by atoms with Gasteiger partial charge in [0.25, 0.3) is 5.91 Å². The number of fused-ring (bicyclic) bond motifs is 1. The van der Waals surface area contributed by atoms with Gasteiger partial charge in [0, 0.05) is 30.2 Å². The number of nitrogens with zero attached hydrogens (tertiary/aromatic N) is 1. The van der Waals surface area contributed by atoms with Gasteiger partial charge in [0.2, 0.25) is 0 Å². The van der Waals surface area contributed by atoms with Crippen molar-refractivity contribution in [3.8, 4) is 0 Å². The molecular weight excluding hydrogens is 350 g/mol. The van der Waals surface area contributed by atoms with Crippen LogP contribution in [0.25, 0.3) is 10.9 Å². The van der Waals surface area contributed by atoms with Crippen LogP contribution in [0.3, 0.4) is 0 Å². The minimum Gasteiger partial charge on any atom is -0.350 e. The summed E-state index contributed by atoms with van der Waals surface area (Å²) in [6, 6.07) is 23.4. The van der Waals surface area contributed by atoms with Crippen molar-refractivity contribution in [3.63, 3.8) is 0 Å². The van der Waals surface area contributed by atoms with E-state index in [-0.39, 0.29) is 5.91 Å². The van der Waals surface area contributed by atoms with Crippen LogP contribution in [0.2, 0.25) is 0 Å². The predicted molar refractivity (Wildman–Crippen MR) is 111 cm³/mol. The monoisotopic (exact) mass is 371 g/mol. The van der Waals surface area contributed by atoms with Gasteiger partial charge in [-0.25, -0.2) is 0 Å². The van der Waals surface area contributed by atoms with Gasteiger partial charge in [-0.1, -0.05) is 36.4 Å². The Kier molecular flexibility index (Phi) is 5.31. The van der Waals surface area contributed by atoms with E-state index in [1.165, 1.54) is 0 Å². The molecule has 0 aliphatic heterocycles. The number of hydrazine groups is 1. The zero-order valence-electron chi connectivity index (χ0n) is 15.3. The van der Waals surface area contributed by atoms with Gasteiger partial charge in [0.15, 0.2) is 0 Å². The largest absolute Gasteiger partial charge is 0.350 e. The van der Waals surface area contributed by atoms with E-state index in [2.05, 4.69) is 26.1 Å². The fraction of sp³-hybridized carbons (Fsp3) is 0.0909. The van der Waals surface area contributed by atoms with Crippen LogP contribution >= 0.6 is 0 Å². The summed E-state index contributed by atoms with van der Waals surface area (Å²) in [5.74, 6) is -0.211. The number of nitrogens with one attached hydrogen (secondary N) is 4. The van der Waals surface area contributed by atoms with Crippen molar-refractivity contribution in [2.24, 2.45) is 0 Å². The fourth-order valence-corrected chi connectivity index (χ4v) is 2.94. The lowest BCUT2D eigenvalue weighted by Gasteiger charge is -2.09. The summed E-state index contributed by atoms with van der Waals surface area (Å²) >= 11 is 0. The summed E-state index contributed by atoms with van der Waals surface area (Å²) in [5.41, 5.74) is 10.1. The normalized spacial score (nSPS) is 10.7. The van der Waals surface area contributed by atoms with Crippen molar-refractivity contribution in [3.05, 3.63) is 95.9 Å². The molecule has 4 N–H and O–H groups in total. The highest BCUT2D eigenvalue weighted by Crippen LogP contribution is 2.14. The Morgan fingerprint density at radius 2 is 1.75 bits per heavy atom. The maximum atomic E-state index is 12.3. The van der Waals surface area contributed by atoms with Crippen molar-refractivity contribution >= 4 is 22.5 Å². The topological polar surface area (TPSA) is 81.8 Å². The molecule has 2 aromatic heterocycles. The number of hydrogen-bond donors (Lipinski definition) is 4. The third-order valence-electron chi connectivity index (χ3n) is 4.41. The molecule has 0 bridgehead atoms. The number of benzene rings is 2. The van der Waals surface area contributed by atoms with Crippen LogP contribution in [0.4, 0.5) is 5.69 Å².